The Labute approximate surface area is 423 Å². The van der Waals surface area contributed by atoms with E-state index in [9.17, 15) is 74.7 Å². The van der Waals surface area contributed by atoms with Gasteiger partial charge in [0.1, 0.15) is 0 Å². The standard InChI is InChI=1S/C36H47I5N6O15/c1-14-22(33(59)42-4-17(54)10-48)26(37)23(34(60)43-5-18(55)11-49)28(39)31(14)46(15(2)52)8-21(58)9-47(16(3)53)32-29(40)24(35(61)44-6-19(56)12-50)27(38)25(30(32)41)36(62)45-7-20(57)13-51/h17-21,48-51,54-58H,4-13H2,1-3H3,(H,42,59)(H,43,60)(H,44,61)(H,45,62). The molecule has 0 aliphatic carbocycles. The quantitative estimate of drug-likeness (QED) is 0.0574. The van der Waals surface area contributed by atoms with Gasteiger partial charge in [-0.15, -0.1) is 0 Å². The number of amides is 6. The fraction of sp³-hybridized carbons (Fsp3) is 0.500. The van der Waals surface area contributed by atoms with Crippen molar-refractivity contribution in [2.75, 3.05) is 75.5 Å². The van der Waals surface area contributed by atoms with Crippen LogP contribution in [0.1, 0.15) is 60.8 Å². The molecule has 0 aliphatic rings. The lowest BCUT2D eigenvalue weighted by molar-refractivity contribution is -0.117. The maximum atomic E-state index is 13.6. The number of hydrogen-bond donors (Lipinski definition) is 13. The maximum absolute atomic E-state index is 13.6. The molecule has 0 fully saturated rings. The molecule has 2 aromatic rings. The first-order chi connectivity index (χ1) is 29.0. The third-order valence-electron chi connectivity index (χ3n) is 8.72. The van der Waals surface area contributed by atoms with Crippen LogP contribution >= 0.6 is 113 Å². The molecule has 62 heavy (non-hydrogen) atoms. The fourth-order valence-electron chi connectivity index (χ4n) is 5.55. The summed E-state index contributed by atoms with van der Waals surface area (Å²) in [5.41, 5.74) is -0.330. The Morgan fingerprint density at radius 1 is 0.452 bits per heavy atom. The van der Waals surface area contributed by atoms with Gasteiger partial charge in [0.05, 0.1) is 114 Å². The number of halogens is 5. The molecule has 0 heterocycles. The van der Waals surface area contributed by atoms with E-state index in [2.05, 4.69) is 21.3 Å². The zero-order valence-corrected chi connectivity index (χ0v) is 44.0. The minimum absolute atomic E-state index is 0.000807. The van der Waals surface area contributed by atoms with Crippen LogP contribution in [0.25, 0.3) is 0 Å². The van der Waals surface area contributed by atoms with Gasteiger partial charge in [-0.1, -0.05) is 0 Å². The zero-order valence-electron chi connectivity index (χ0n) is 33.2. The van der Waals surface area contributed by atoms with Crippen molar-refractivity contribution in [3.8, 4) is 0 Å². The molecule has 21 nitrogen and oxygen atoms in total. The Morgan fingerprint density at radius 2 is 0.710 bits per heavy atom. The molecule has 0 radical (unpaired) electrons. The van der Waals surface area contributed by atoms with Crippen LogP contribution in [0.4, 0.5) is 11.4 Å². The van der Waals surface area contributed by atoms with Crippen molar-refractivity contribution in [1.82, 2.24) is 21.3 Å². The molecule has 6 amide bonds. The smallest absolute Gasteiger partial charge is 0.253 e. The van der Waals surface area contributed by atoms with E-state index in [0.717, 1.165) is 23.6 Å². The van der Waals surface area contributed by atoms with Crippen molar-refractivity contribution in [1.29, 1.82) is 0 Å². The van der Waals surface area contributed by atoms with Crippen molar-refractivity contribution in [2.24, 2.45) is 0 Å². The largest absolute Gasteiger partial charge is 0.394 e. The Bertz CT molecular complexity index is 1750. The van der Waals surface area contributed by atoms with Crippen LogP contribution in [0.15, 0.2) is 0 Å². The van der Waals surface area contributed by atoms with Crippen LogP contribution < -0.4 is 31.1 Å². The van der Waals surface area contributed by atoms with Crippen LogP contribution in [0.5, 0.6) is 0 Å². The van der Waals surface area contributed by atoms with Gasteiger partial charge in [0, 0.05) is 47.2 Å². The van der Waals surface area contributed by atoms with E-state index in [1.54, 1.807) is 113 Å². The maximum Gasteiger partial charge on any atom is 0.253 e. The molecule has 0 bridgehead atoms. The molecule has 346 valence electrons. The number of benzene rings is 2. The van der Waals surface area contributed by atoms with E-state index in [1.165, 1.54) is 6.92 Å². The molecule has 0 aromatic heterocycles. The first-order valence-electron chi connectivity index (χ1n) is 18.2. The molecule has 0 saturated heterocycles. The van der Waals surface area contributed by atoms with Gasteiger partial charge < -0.3 is 77.0 Å². The third-order valence-corrected chi connectivity index (χ3v) is 14.0. The number of rotatable bonds is 22. The summed E-state index contributed by atoms with van der Waals surface area (Å²) in [6, 6.07) is 0. The highest BCUT2D eigenvalue weighted by Gasteiger charge is 2.35. The molecule has 0 spiro atoms. The van der Waals surface area contributed by atoms with Crippen molar-refractivity contribution < 1.29 is 74.7 Å². The van der Waals surface area contributed by atoms with Crippen LogP contribution in [0.2, 0.25) is 0 Å². The van der Waals surface area contributed by atoms with Crippen molar-refractivity contribution in [3.05, 3.63) is 45.7 Å². The van der Waals surface area contributed by atoms with Crippen LogP contribution in [0.3, 0.4) is 0 Å². The second-order valence-corrected chi connectivity index (χ2v) is 18.9. The molecule has 5 atom stereocenters. The summed E-state index contributed by atoms with van der Waals surface area (Å²) in [6.07, 6.45) is -6.94. The highest BCUT2D eigenvalue weighted by Crippen LogP contribution is 2.40. The van der Waals surface area contributed by atoms with Gasteiger partial charge in [0.2, 0.25) is 11.8 Å². The lowest BCUT2D eigenvalue weighted by Crippen LogP contribution is -2.45. The van der Waals surface area contributed by atoms with Crippen molar-refractivity contribution in [3.63, 3.8) is 0 Å². The van der Waals surface area contributed by atoms with Gasteiger partial charge in [0.15, 0.2) is 0 Å². The summed E-state index contributed by atoms with van der Waals surface area (Å²) in [5, 5.41) is 98.5. The monoisotopic (exact) mass is 1440 g/mol. The topological polar surface area (TPSA) is 339 Å². The van der Waals surface area contributed by atoms with Crippen LogP contribution in [-0.4, -0.2) is 178 Å². The number of hydrogen-bond acceptors (Lipinski definition) is 15. The van der Waals surface area contributed by atoms with E-state index >= 15 is 0 Å². The number of aliphatic hydroxyl groups is 9. The molecular weight excluding hydrogens is 1390 g/mol. The second kappa shape index (κ2) is 26.6. The highest BCUT2D eigenvalue weighted by atomic mass is 127. The number of carbonyl (C=O) groups is 6. The van der Waals surface area contributed by atoms with E-state index < -0.39 is 105 Å². The third kappa shape index (κ3) is 14.8. The van der Waals surface area contributed by atoms with Gasteiger partial charge in [-0.2, -0.15) is 0 Å². The summed E-state index contributed by atoms with van der Waals surface area (Å²) in [4.78, 5) is 83.8. The normalized spacial score (nSPS) is 13.6. The van der Waals surface area contributed by atoms with Gasteiger partial charge in [-0.25, -0.2) is 0 Å². The zero-order chi connectivity index (χ0) is 47.3. The van der Waals surface area contributed by atoms with E-state index in [0.29, 0.717) is 0 Å². The van der Waals surface area contributed by atoms with Crippen molar-refractivity contribution in [2.45, 2.75) is 51.3 Å². The van der Waals surface area contributed by atoms with Crippen molar-refractivity contribution >= 4 is 160 Å². The first-order valence-corrected chi connectivity index (χ1v) is 23.6. The second-order valence-electron chi connectivity index (χ2n) is 13.5. The molecule has 2 aromatic carbocycles. The van der Waals surface area contributed by atoms with Gasteiger partial charge in [-0.05, 0) is 125 Å². The van der Waals surface area contributed by atoms with Gasteiger partial charge in [0.25, 0.3) is 23.6 Å². The summed E-state index contributed by atoms with van der Waals surface area (Å²) in [5.74, 6) is -4.58. The summed E-state index contributed by atoms with van der Waals surface area (Å²) in [6.45, 7) is -1.59. The molecular formula is C36H47I5N6O15. The minimum Gasteiger partial charge on any atom is -0.394 e. The minimum atomic E-state index is -1.62. The number of nitrogens with zero attached hydrogens (tertiary/aromatic N) is 2. The SMILES string of the molecule is CC(=O)N(CC(O)CN(C(C)=O)c1c(I)c(C(=O)NCC(O)CO)c(I)c(C(=O)NCC(O)CO)c1I)c1c(C)c(C(=O)NCC(O)CO)c(I)c(C(=O)NCC(O)CO)c1I. The average Bonchev–Trinajstić information content (AvgIpc) is 3.21. The molecule has 0 saturated carbocycles. The number of aliphatic hydroxyl groups excluding tert-OH is 9. The van der Waals surface area contributed by atoms with Gasteiger partial charge in [-0.3, -0.25) is 28.8 Å². The Morgan fingerprint density at radius 3 is 1.00 bits per heavy atom. The summed E-state index contributed by atoms with van der Waals surface area (Å²) >= 11 is 8.87. The summed E-state index contributed by atoms with van der Waals surface area (Å²) in [7, 11) is 0. The van der Waals surface area contributed by atoms with E-state index in [4.69, 9.17) is 0 Å². The first kappa shape index (κ1) is 56.7. The van der Waals surface area contributed by atoms with E-state index in [1.807, 2.05) is 0 Å². The average molecular weight is 1440 g/mol. The van der Waals surface area contributed by atoms with Crippen LogP contribution in [-0.2, 0) is 9.59 Å². The summed E-state index contributed by atoms with van der Waals surface area (Å²) < 4.78 is 0.573. The predicted octanol–water partition coefficient (Wildman–Crippen LogP) is -1.88. The molecule has 26 heteroatoms. The lowest BCUT2D eigenvalue weighted by Gasteiger charge is -2.32. The van der Waals surface area contributed by atoms with Crippen LogP contribution in [0, 0.1) is 24.8 Å². The highest BCUT2D eigenvalue weighted by molar-refractivity contribution is 14.1. The lowest BCUT2D eigenvalue weighted by atomic mass is 9.99. The number of anilines is 2. The Kier molecular flexibility index (Phi) is 24.3. The number of nitrogens with one attached hydrogen (secondary N) is 4. The molecule has 13 N–H and O–H groups in total. The Hall–Kier alpha value is -1.45. The number of carbonyl (C=O) groups excluding carboxylic acids is 6. The molecule has 5 unspecified atom stereocenters. The fourth-order valence-corrected chi connectivity index (χ4v) is 13.2. The predicted molar refractivity (Wildman–Crippen MR) is 265 cm³/mol. The van der Waals surface area contributed by atoms with E-state index in [-0.39, 0.29) is 83.2 Å². The Balaban J connectivity index is 2.84. The van der Waals surface area contributed by atoms with Gasteiger partial charge >= 0.3 is 0 Å². The molecule has 2 rings (SSSR count). The molecule has 0 aliphatic heterocycles.